The van der Waals surface area contributed by atoms with Gasteiger partial charge in [0, 0.05) is 6.07 Å². The molecule has 0 aromatic heterocycles. The number of rotatable bonds is 0. The molecule has 0 aliphatic carbocycles. The van der Waals surface area contributed by atoms with Gasteiger partial charge in [-0.3, -0.25) is 0 Å². The topological polar surface area (TPSA) is 43.4 Å². The van der Waals surface area contributed by atoms with Crippen molar-refractivity contribution >= 4 is 11.9 Å². The van der Waals surface area contributed by atoms with E-state index in [4.69, 9.17) is 0 Å². The molecule has 0 radical (unpaired) electrons. The summed E-state index contributed by atoms with van der Waals surface area (Å²) in [7, 11) is 0. The van der Waals surface area contributed by atoms with Gasteiger partial charge in [-0.1, -0.05) is 0 Å². The molecule has 0 N–H and O–H groups in total. The Balaban J connectivity index is 2.77. The molecule has 3 nitrogen and oxygen atoms in total. The smallest absolute Gasteiger partial charge is 0.349 e. The Morgan fingerprint density at radius 1 is 1.08 bits per heavy atom. The van der Waals surface area contributed by atoms with Crippen LogP contribution in [-0.4, -0.2) is 11.9 Å². The second-order valence-electron chi connectivity index (χ2n) is 2.49. The normalized spacial score (nSPS) is 14.3. The fourth-order valence-electron chi connectivity index (χ4n) is 1.13. The van der Waals surface area contributed by atoms with Crippen LogP contribution in [0, 0.1) is 11.6 Å². The summed E-state index contributed by atoms with van der Waals surface area (Å²) >= 11 is 0. The van der Waals surface area contributed by atoms with Crippen molar-refractivity contribution in [2.45, 2.75) is 0 Å². The fourth-order valence-corrected chi connectivity index (χ4v) is 1.13. The minimum atomic E-state index is -1.08. The number of carbonyl (C=O) groups is 2. The fraction of sp³-hybridized carbons (Fsp3) is 0. The zero-order chi connectivity index (χ0) is 9.59. The molecular weight excluding hydrogens is 182 g/mol. The van der Waals surface area contributed by atoms with Crippen molar-refractivity contribution in [2.75, 3.05) is 0 Å². The molecule has 1 heterocycles. The van der Waals surface area contributed by atoms with E-state index in [0.717, 1.165) is 6.07 Å². The van der Waals surface area contributed by atoms with Gasteiger partial charge in [-0.15, -0.1) is 0 Å². The van der Waals surface area contributed by atoms with Crippen LogP contribution in [0.15, 0.2) is 12.1 Å². The van der Waals surface area contributed by atoms with Crippen molar-refractivity contribution in [3.05, 3.63) is 34.9 Å². The van der Waals surface area contributed by atoms with Crippen molar-refractivity contribution in [2.24, 2.45) is 0 Å². The number of esters is 2. The predicted molar refractivity (Wildman–Crippen MR) is 36.1 cm³/mol. The molecule has 0 bridgehead atoms. The van der Waals surface area contributed by atoms with Gasteiger partial charge in [0.15, 0.2) is 0 Å². The van der Waals surface area contributed by atoms with Crippen LogP contribution in [0.1, 0.15) is 20.7 Å². The molecule has 13 heavy (non-hydrogen) atoms. The molecule has 0 saturated heterocycles. The van der Waals surface area contributed by atoms with E-state index in [2.05, 4.69) is 4.74 Å². The SMILES string of the molecule is O=C1OC(=O)c2c(F)cc(F)cc21. The first kappa shape index (κ1) is 7.85. The van der Waals surface area contributed by atoms with Crippen LogP contribution in [0.25, 0.3) is 0 Å². The first-order valence-corrected chi connectivity index (χ1v) is 3.35. The lowest BCUT2D eigenvalue weighted by Crippen LogP contribution is -1.98. The first-order valence-electron chi connectivity index (χ1n) is 3.35. The Hall–Kier alpha value is -1.78. The van der Waals surface area contributed by atoms with E-state index in [1.165, 1.54) is 0 Å². The van der Waals surface area contributed by atoms with Crippen LogP contribution in [0.5, 0.6) is 0 Å². The van der Waals surface area contributed by atoms with Crippen molar-refractivity contribution in [1.82, 2.24) is 0 Å². The highest BCUT2D eigenvalue weighted by atomic mass is 19.1. The second kappa shape index (κ2) is 2.35. The Kier molecular flexibility index (Phi) is 1.42. The summed E-state index contributed by atoms with van der Waals surface area (Å²) in [4.78, 5) is 21.6. The largest absolute Gasteiger partial charge is 0.386 e. The van der Waals surface area contributed by atoms with Gasteiger partial charge < -0.3 is 4.74 Å². The van der Waals surface area contributed by atoms with Gasteiger partial charge >= 0.3 is 11.9 Å². The Morgan fingerprint density at radius 2 is 1.77 bits per heavy atom. The third-order valence-corrected chi connectivity index (χ3v) is 1.66. The van der Waals surface area contributed by atoms with Gasteiger partial charge in [0.05, 0.1) is 5.56 Å². The average Bonchev–Trinajstić information content (AvgIpc) is 2.27. The third kappa shape index (κ3) is 1.00. The average molecular weight is 184 g/mol. The van der Waals surface area contributed by atoms with Gasteiger partial charge in [-0.25, -0.2) is 18.4 Å². The number of hydrogen-bond donors (Lipinski definition) is 0. The van der Waals surface area contributed by atoms with Crippen LogP contribution in [0.4, 0.5) is 8.78 Å². The zero-order valence-corrected chi connectivity index (χ0v) is 6.14. The molecule has 1 aliphatic heterocycles. The molecular formula is C8H2F2O3. The van der Waals surface area contributed by atoms with Gasteiger partial charge in [0.1, 0.15) is 17.2 Å². The zero-order valence-electron chi connectivity index (χ0n) is 6.14. The number of hydrogen-bond acceptors (Lipinski definition) is 3. The van der Waals surface area contributed by atoms with Gasteiger partial charge in [0.25, 0.3) is 0 Å². The molecule has 1 aromatic carbocycles. The molecule has 0 unspecified atom stereocenters. The minimum Gasteiger partial charge on any atom is -0.386 e. The summed E-state index contributed by atoms with van der Waals surface area (Å²) in [6.45, 7) is 0. The maximum Gasteiger partial charge on any atom is 0.349 e. The van der Waals surface area contributed by atoms with Crippen LogP contribution < -0.4 is 0 Å². The molecule has 0 fully saturated rings. The van der Waals surface area contributed by atoms with Crippen molar-refractivity contribution < 1.29 is 23.1 Å². The minimum absolute atomic E-state index is 0.359. The lowest BCUT2D eigenvalue weighted by molar-refractivity contribution is 0.0442. The van der Waals surface area contributed by atoms with Crippen molar-refractivity contribution in [1.29, 1.82) is 0 Å². The van der Waals surface area contributed by atoms with E-state index in [1.807, 2.05) is 0 Å². The molecule has 0 spiro atoms. The van der Waals surface area contributed by atoms with Gasteiger partial charge in [-0.2, -0.15) is 0 Å². The monoisotopic (exact) mass is 184 g/mol. The Labute approximate surface area is 70.9 Å². The first-order chi connectivity index (χ1) is 6.09. The Morgan fingerprint density at radius 3 is 2.46 bits per heavy atom. The molecule has 66 valence electrons. The highest BCUT2D eigenvalue weighted by molar-refractivity contribution is 6.14. The number of fused-ring (bicyclic) bond motifs is 1. The summed E-state index contributed by atoms with van der Waals surface area (Å²) in [6.07, 6.45) is 0. The molecule has 1 aromatic rings. The van der Waals surface area contributed by atoms with E-state index in [-0.39, 0.29) is 5.56 Å². The van der Waals surface area contributed by atoms with Gasteiger partial charge in [0.2, 0.25) is 0 Å². The summed E-state index contributed by atoms with van der Waals surface area (Å²) < 4.78 is 29.5. The molecule has 0 amide bonds. The molecule has 1 aliphatic rings. The van der Waals surface area contributed by atoms with E-state index in [1.54, 1.807) is 0 Å². The summed E-state index contributed by atoms with van der Waals surface area (Å²) in [5, 5.41) is 0. The van der Waals surface area contributed by atoms with E-state index in [0.29, 0.717) is 6.07 Å². The number of carbonyl (C=O) groups excluding carboxylic acids is 2. The second-order valence-corrected chi connectivity index (χ2v) is 2.49. The lowest BCUT2D eigenvalue weighted by atomic mass is 10.1. The van der Waals surface area contributed by atoms with Crippen molar-refractivity contribution in [3.63, 3.8) is 0 Å². The van der Waals surface area contributed by atoms with Crippen LogP contribution in [0.3, 0.4) is 0 Å². The van der Waals surface area contributed by atoms with E-state index in [9.17, 15) is 18.4 Å². The summed E-state index contributed by atoms with van der Waals surface area (Å²) in [6, 6.07) is 1.30. The quantitative estimate of drug-likeness (QED) is 0.450. The third-order valence-electron chi connectivity index (χ3n) is 1.66. The molecule has 0 atom stereocenters. The summed E-state index contributed by atoms with van der Waals surface area (Å²) in [5.74, 6) is -4.08. The molecule has 5 heteroatoms. The number of benzene rings is 1. The maximum atomic E-state index is 12.9. The highest BCUT2D eigenvalue weighted by Crippen LogP contribution is 2.23. The molecule has 0 saturated carbocycles. The molecule has 2 rings (SSSR count). The maximum absolute atomic E-state index is 12.9. The highest BCUT2D eigenvalue weighted by Gasteiger charge is 2.33. The number of cyclic esters (lactones) is 2. The standard InChI is InChI=1S/C8H2F2O3/c9-3-1-4-6(5(10)2-3)8(12)13-7(4)11/h1-2H. The van der Waals surface area contributed by atoms with Crippen molar-refractivity contribution in [3.8, 4) is 0 Å². The van der Waals surface area contributed by atoms with Crippen LogP contribution in [0.2, 0.25) is 0 Å². The number of ether oxygens (including phenoxy) is 1. The Bertz CT molecular complexity index is 426. The summed E-state index contributed by atoms with van der Waals surface area (Å²) in [5.41, 5.74) is -0.853. The van der Waals surface area contributed by atoms with Gasteiger partial charge in [-0.05, 0) is 6.07 Å². The lowest BCUT2D eigenvalue weighted by Gasteiger charge is -1.94. The van der Waals surface area contributed by atoms with Crippen LogP contribution in [-0.2, 0) is 4.74 Å². The van der Waals surface area contributed by atoms with Crippen LogP contribution >= 0.6 is 0 Å². The number of halogens is 2. The predicted octanol–water partition coefficient (Wildman–Crippen LogP) is 1.28. The van der Waals surface area contributed by atoms with E-state index < -0.39 is 29.1 Å². The van der Waals surface area contributed by atoms with E-state index >= 15 is 0 Å².